The lowest BCUT2D eigenvalue weighted by Gasteiger charge is -2.33. The molecule has 9 heteroatoms. The molecule has 6 nitrogen and oxygen atoms in total. The highest BCUT2D eigenvalue weighted by Gasteiger charge is 2.46. The maximum absolute atomic E-state index is 14.2. The smallest absolute Gasteiger partial charge is 0.244 e. The van der Waals surface area contributed by atoms with Gasteiger partial charge in [-0.05, 0) is 48.2 Å². The van der Waals surface area contributed by atoms with Crippen LogP contribution in [0.4, 0.5) is 5.69 Å². The Labute approximate surface area is 209 Å². The molecule has 1 saturated heterocycles. The van der Waals surface area contributed by atoms with Gasteiger partial charge in [-0.25, -0.2) is 0 Å². The van der Waals surface area contributed by atoms with Crippen molar-refractivity contribution in [1.82, 2.24) is 10.4 Å². The summed E-state index contributed by atoms with van der Waals surface area (Å²) in [4.78, 5) is 35.4. The van der Waals surface area contributed by atoms with Crippen LogP contribution in [-0.2, 0) is 14.4 Å². The summed E-state index contributed by atoms with van der Waals surface area (Å²) in [7, 11) is 0. The summed E-state index contributed by atoms with van der Waals surface area (Å²) in [5.74, 6) is -0.965. The zero-order valence-electron chi connectivity index (χ0n) is 17.6. The molecule has 3 aromatic rings. The molecule has 0 aliphatic carbocycles. The second kappa shape index (κ2) is 9.19. The number of fused-ring (bicyclic) bond motifs is 1. The second-order valence-electron chi connectivity index (χ2n) is 8.13. The van der Waals surface area contributed by atoms with E-state index in [2.05, 4.69) is 26.7 Å². The van der Waals surface area contributed by atoms with Crippen LogP contribution < -0.4 is 10.8 Å². The molecule has 0 bridgehead atoms. The van der Waals surface area contributed by atoms with Gasteiger partial charge in [0.05, 0.1) is 24.1 Å². The zero-order chi connectivity index (χ0) is 23.1. The summed E-state index contributed by atoms with van der Waals surface area (Å²) in [5, 5.41) is 5.50. The van der Waals surface area contributed by atoms with Gasteiger partial charge in [-0.3, -0.25) is 14.4 Å². The van der Waals surface area contributed by atoms with E-state index in [0.717, 1.165) is 20.5 Å². The Balaban J connectivity index is 1.60. The standard InChI is InChI=1S/C24H21BrClN3O3S/c1-13-21(22(28-32-13)15-5-2-3-6-17(15)26)24(31)29-12-20(30)27-18-9-8-14(25)11-16(18)23(29)19-7-4-10-33-19/h2-11,13,21-23,28H,12H2,1H3,(H,27,30). The average Bonchev–Trinajstić information content (AvgIpc) is 3.42. The molecule has 33 heavy (non-hydrogen) atoms. The van der Waals surface area contributed by atoms with Gasteiger partial charge in [-0.2, -0.15) is 5.48 Å². The number of hydrogen-bond acceptors (Lipinski definition) is 5. The van der Waals surface area contributed by atoms with Crippen molar-refractivity contribution in [3.05, 3.63) is 85.5 Å². The van der Waals surface area contributed by atoms with Gasteiger partial charge in [-0.15, -0.1) is 11.3 Å². The van der Waals surface area contributed by atoms with Crippen LogP contribution in [0.3, 0.4) is 0 Å². The van der Waals surface area contributed by atoms with Gasteiger partial charge in [-0.1, -0.05) is 51.8 Å². The van der Waals surface area contributed by atoms with E-state index in [9.17, 15) is 9.59 Å². The summed E-state index contributed by atoms with van der Waals surface area (Å²) in [6.07, 6.45) is -0.406. The first kappa shape index (κ1) is 22.6. The fourth-order valence-electron chi connectivity index (χ4n) is 4.55. The Hall–Kier alpha value is -2.23. The van der Waals surface area contributed by atoms with E-state index < -0.39 is 24.1 Å². The molecule has 2 aliphatic rings. The van der Waals surface area contributed by atoms with Crippen molar-refractivity contribution in [3.8, 4) is 0 Å². The monoisotopic (exact) mass is 545 g/mol. The number of amides is 2. The lowest BCUT2D eigenvalue weighted by molar-refractivity contribution is -0.141. The van der Waals surface area contributed by atoms with Crippen LogP contribution >= 0.6 is 38.9 Å². The van der Waals surface area contributed by atoms with E-state index in [1.54, 1.807) is 22.3 Å². The number of thiophene rings is 1. The van der Waals surface area contributed by atoms with Crippen molar-refractivity contribution in [3.63, 3.8) is 0 Å². The van der Waals surface area contributed by atoms with Gasteiger partial charge in [0.2, 0.25) is 11.8 Å². The van der Waals surface area contributed by atoms with Crippen molar-refractivity contribution in [2.24, 2.45) is 5.92 Å². The summed E-state index contributed by atoms with van der Waals surface area (Å²) in [6, 6.07) is 16.2. The molecule has 2 aliphatic heterocycles. The molecule has 170 valence electrons. The molecular formula is C24H21BrClN3O3S. The number of rotatable bonds is 3. The highest BCUT2D eigenvalue weighted by Crippen LogP contribution is 2.42. The van der Waals surface area contributed by atoms with Gasteiger partial charge in [0, 0.05) is 25.6 Å². The Morgan fingerprint density at radius 3 is 2.76 bits per heavy atom. The molecule has 4 atom stereocenters. The molecule has 2 N–H and O–H groups in total. The van der Waals surface area contributed by atoms with Crippen LogP contribution in [0.15, 0.2) is 64.5 Å². The number of halogens is 2. The van der Waals surface area contributed by atoms with Gasteiger partial charge >= 0.3 is 0 Å². The van der Waals surface area contributed by atoms with Crippen LogP contribution in [0.1, 0.15) is 35.0 Å². The van der Waals surface area contributed by atoms with Crippen LogP contribution in [0.2, 0.25) is 5.02 Å². The summed E-state index contributed by atoms with van der Waals surface area (Å²) in [6.45, 7) is 1.79. The van der Waals surface area contributed by atoms with E-state index in [1.807, 2.05) is 60.8 Å². The van der Waals surface area contributed by atoms with Crippen molar-refractivity contribution < 1.29 is 14.4 Å². The molecule has 1 fully saturated rings. The summed E-state index contributed by atoms with van der Waals surface area (Å²) in [5.41, 5.74) is 5.35. The minimum absolute atomic E-state index is 0.0633. The van der Waals surface area contributed by atoms with Crippen molar-refractivity contribution in [2.45, 2.75) is 25.1 Å². The van der Waals surface area contributed by atoms with E-state index in [-0.39, 0.29) is 18.4 Å². The third kappa shape index (κ3) is 4.22. The van der Waals surface area contributed by atoms with Gasteiger partial charge < -0.3 is 10.2 Å². The van der Waals surface area contributed by atoms with E-state index in [4.69, 9.17) is 16.4 Å². The van der Waals surface area contributed by atoms with Crippen LogP contribution in [0.25, 0.3) is 0 Å². The highest BCUT2D eigenvalue weighted by atomic mass is 79.9. The van der Waals surface area contributed by atoms with E-state index >= 15 is 0 Å². The molecule has 4 unspecified atom stereocenters. The number of nitrogens with one attached hydrogen (secondary N) is 2. The number of nitrogens with zero attached hydrogens (tertiary/aromatic N) is 1. The van der Waals surface area contributed by atoms with Crippen LogP contribution in [0.5, 0.6) is 0 Å². The van der Waals surface area contributed by atoms with Crippen molar-refractivity contribution >= 4 is 56.4 Å². The molecule has 0 spiro atoms. The summed E-state index contributed by atoms with van der Waals surface area (Å²) >= 11 is 11.6. The number of benzene rings is 2. The first-order valence-corrected chi connectivity index (χ1v) is 12.6. The third-order valence-corrected chi connectivity index (χ3v) is 7.84. The number of carbonyl (C=O) groups is 2. The second-order valence-corrected chi connectivity index (χ2v) is 10.4. The number of anilines is 1. The molecule has 0 saturated carbocycles. The topological polar surface area (TPSA) is 70.7 Å². The van der Waals surface area contributed by atoms with Crippen LogP contribution in [-0.4, -0.2) is 29.4 Å². The van der Waals surface area contributed by atoms with Gasteiger partial charge in [0.25, 0.3) is 0 Å². The van der Waals surface area contributed by atoms with Crippen LogP contribution in [0, 0.1) is 5.92 Å². The number of carbonyl (C=O) groups excluding carboxylic acids is 2. The predicted molar refractivity (Wildman–Crippen MR) is 132 cm³/mol. The highest BCUT2D eigenvalue weighted by molar-refractivity contribution is 9.10. The Bertz CT molecular complexity index is 1210. The minimum atomic E-state index is -0.561. The van der Waals surface area contributed by atoms with E-state index in [0.29, 0.717) is 10.7 Å². The quantitative estimate of drug-likeness (QED) is 0.467. The Kier molecular flexibility index (Phi) is 6.28. The number of hydrogen-bond donors (Lipinski definition) is 2. The Morgan fingerprint density at radius 2 is 2.00 bits per heavy atom. The molecule has 1 aromatic heterocycles. The number of hydroxylamine groups is 1. The largest absolute Gasteiger partial charge is 0.324 e. The Morgan fingerprint density at radius 1 is 1.18 bits per heavy atom. The first-order valence-electron chi connectivity index (χ1n) is 10.5. The lowest BCUT2D eigenvalue weighted by Crippen LogP contribution is -2.45. The first-order chi connectivity index (χ1) is 15.9. The zero-order valence-corrected chi connectivity index (χ0v) is 20.8. The molecule has 0 radical (unpaired) electrons. The average molecular weight is 547 g/mol. The van der Waals surface area contributed by atoms with Gasteiger partial charge in [0.1, 0.15) is 6.54 Å². The normalized spacial score (nSPS) is 24.8. The molecule has 3 heterocycles. The lowest BCUT2D eigenvalue weighted by atomic mass is 9.88. The molecule has 2 amide bonds. The summed E-state index contributed by atoms with van der Waals surface area (Å²) < 4.78 is 0.875. The predicted octanol–water partition coefficient (Wildman–Crippen LogP) is 5.31. The molecule has 2 aromatic carbocycles. The van der Waals surface area contributed by atoms with Gasteiger partial charge in [0.15, 0.2) is 0 Å². The van der Waals surface area contributed by atoms with Crippen molar-refractivity contribution in [1.29, 1.82) is 0 Å². The maximum Gasteiger partial charge on any atom is 0.244 e. The molecular weight excluding hydrogens is 526 g/mol. The molecule has 5 rings (SSSR count). The third-order valence-electron chi connectivity index (χ3n) is 6.07. The fourth-order valence-corrected chi connectivity index (χ4v) is 6.04. The van der Waals surface area contributed by atoms with E-state index in [1.165, 1.54) is 0 Å². The van der Waals surface area contributed by atoms with Crippen molar-refractivity contribution in [2.75, 3.05) is 11.9 Å². The fraction of sp³-hybridized carbons (Fsp3) is 0.250. The SMILES string of the molecule is CC1ONC(c2ccccc2Cl)C1C(=O)N1CC(=O)Nc2ccc(Br)cc2C1c1cccs1. The minimum Gasteiger partial charge on any atom is -0.324 e. The maximum atomic E-state index is 14.2.